The number of anilines is 1. The minimum Gasteiger partial charge on any atom is -0.489 e. The van der Waals surface area contributed by atoms with Crippen molar-refractivity contribution in [2.45, 2.75) is 13.5 Å². The molecule has 0 fully saturated rings. The van der Waals surface area contributed by atoms with Crippen LogP contribution in [0.5, 0.6) is 5.75 Å². The van der Waals surface area contributed by atoms with Crippen molar-refractivity contribution in [3.05, 3.63) is 102 Å². The van der Waals surface area contributed by atoms with Gasteiger partial charge in [-0.15, -0.1) is 0 Å². The summed E-state index contributed by atoms with van der Waals surface area (Å²) in [7, 11) is 0. The van der Waals surface area contributed by atoms with E-state index in [-0.39, 0.29) is 0 Å². The third-order valence-corrected chi connectivity index (χ3v) is 4.44. The minimum atomic E-state index is 0.558. The topological polar surface area (TPSA) is 46.5 Å². The molecule has 0 amide bonds. The molecule has 0 radical (unpaired) electrons. The van der Waals surface area contributed by atoms with Crippen molar-refractivity contribution in [2.24, 2.45) is 5.10 Å². The van der Waals surface area contributed by atoms with Gasteiger partial charge in [-0.3, -0.25) is 5.43 Å². The summed E-state index contributed by atoms with van der Waals surface area (Å²) in [5.74, 6) is 1.57. The van der Waals surface area contributed by atoms with Crippen LogP contribution in [0.25, 0.3) is 10.9 Å². The summed E-state index contributed by atoms with van der Waals surface area (Å²) in [5.41, 5.74) is 7.27. The van der Waals surface area contributed by atoms with E-state index in [0.717, 1.165) is 33.6 Å². The van der Waals surface area contributed by atoms with Gasteiger partial charge in [0.25, 0.3) is 0 Å². The molecule has 0 aliphatic heterocycles. The van der Waals surface area contributed by atoms with E-state index in [9.17, 15) is 0 Å². The highest BCUT2D eigenvalue weighted by atomic mass is 16.5. The van der Waals surface area contributed by atoms with Gasteiger partial charge in [0.05, 0.1) is 11.7 Å². The molecule has 0 aliphatic rings. The maximum absolute atomic E-state index is 5.80. The summed E-state index contributed by atoms with van der Waals surface area (Å²) in [5, 5.41) is 5.46. The number of rotatable bonds is 6. The number of pyridine rings is 1. The molecule has 0 saturated carbocycles. The Balaban J connectivity index is 1.37. The number of aryl methyl sites for hydroxylation is 1. The summed E-state index contributed by atoms with van der Waals surface area (Å²) in [4.78, 5) is 4.59. The van der Waals surface area contributed by atoms with Gasteiger partial charge >= 0.3 is 0 Å². The van der Waals surface area contributed by atoms with Crippen LogP contribution in [-0.2, 0) is 6.61 Å². The van der Waals surface area contributed by atoms with Crippen LogP contribution in [0.4, 0.5) is 5.82 Å². The van der Waals surface area contributed by atoms with Crippen LogP contribution in [0.2, 0.25) is 0 Å². The van der Waals surface area contributed by atoms with Crippen LogP contribution in [-0.4, -0.2) is 11.2 Å². The number of hydrogen-bond acceptors (Lipinski definition) is 4. The van der Waals surface area contributed by atoms with Crippen LogP contribution >= 0.6 is 0 Å². The number of hydrogen-bond donors (Lipinski definition) is 1. The van der Waals surface area contributed by atoms with Crippen molar-refractivity contribution >= 4 is 22.9 Å². The number of para-hydroxylation sites is 1. The second kappa shape index (κ2) is 8.35. The summed E-state index contributed by atoms with van der Waals surface area (Å²) in [6.45, 7) is 2.63. The van der Waals surface area contributed by atoms with E-state index in [4.69, 9.17) is 4.74 Å². The minimum absolute atomic E-state index is 0.558. The van der Waals surface area contributed by atoms with Crippen molar-refractivity contribution in [1.29, 1.82) is 0 Å². The van der Waals surface area contributed by atoms with Crippen molar-refractivity contribution in [1.82, 2.24) is 4.98 Å². The Bertz CT molecular complexity index is 1090. The summed E-state index contributed by atoms with van der Waals surface area (Å²) >= 11 is 0. The monoisotopic (exact) mass is 367 g/mol. The summed E-state index contributed by atoms with van der Waals surface area (Å²) in [6.07, 6.45) is 1.77. The molecule has 4 aromatic rings. The predicted molar refractivity (Wildman–Crippen MR) is 115 cm³/mol. The zero-order chi connectivity index (χ0) is 19.2. The molecule has 0 bridgehead atoms. The molecule has 0 unspecified atom stereocenters. The fraction of sp³-hybridized carbons (Fsp3) is 0.0833. The Hall–Kier alpha value is -3.66. The van der Waals surface area contributed by atoms with Gasteiger partial charge in [0.1, 0.15) is 18.2 Å². The number of ether oxygens (including phenoxy) is 1. The number of benzene rings is 3. The zero-order valence-electron chi connectivity index (χ0n) is 15.7. The second-order valence-electron chi connectivity index (χ2n) is 6.55. The van der Waals surface area contributed by atoms with E-state index < -0.39 is 0 Å². The van der Waals surface area contributed by atoms with Crippen molar-refractivity contribution < 1.29 is 4.74 Å². The Labute approximate surface area is 164 Å². The Morgan fingerprint density at radius 2 is 1.68 bits per heavy atom. The summed E-state index contributed by atoms with van der Waals surface area (Å²) < 4.78 is 5.80. The Morgan fingerprint density at radius 1 is 0.929 bits per heavy atom. The van der Waals surface area contributed by atoms with Crippen LogP contribution in [0.3, 0.4) is 0 Å². The fourth-order valence-electron chi connectivity index (χ4n) is 2.97. The first-order valence-corrected chi connectivity index (χ1v) is 9.20. The van der Waals surface area contributed by atoms with Crippen LogP contribution < -0.4 is 10.2 Å². The Kier molecular flexibility index (Phi) is 5.29. The molecular weight excluding hydrogens is 346 g/mol. The number of nitrogens with one attached hydrogen (secondary N) is 1. The molecule has 4 rings (SSSR count). The lowest BCUT2D eigenvalue weighted by molar-refractivity contribution is 0.306. The quantitative estimate of drug-likeness (QED) is 0.358. The second-order valence-corrected chi connectivity index (χ2v) is 6.55. The van der Waals surface area contributed by atoms with Crippen LogP contribution in [0.1, 0.15) is 16.7 Å². The number of aromatic nitrogens is 1. The molecule has 28 heavy (non-hydrogen) atoms. The van der Waals surface area contributed by atoms with Gasteiger partial charge < -0.3 is 4.74 Å². The van der Waals surface area contributed by atoms with Gasteiger partial charge in [0, 0.05) is 5.39 Å². The number of nitrogens with zero attached hydrogens (tertiary/aromatic N) is 2. The fourth-order valence-corrected chi connectivity index (χ4v) is 2.97. The normalized spacial score (nSPS) is 11.0. The van der Waals surface area contributed by atoms with Crippen molar-refractivity contribution in [3.8, 4) is 5.75 Å². The molecule has 0 saturated heterocycles. The molecule has 138 valence electrons. The average Bonchev–Trinajstić information content (AvgIpc) is 2.74. The molecule has 1 aromatic heterocycles. The van der Waals surface area contributed by atoms with Gasteiger partial charge in [-0.2, -0.15) is 5.10 Å². The average molecular weight is 367 g/mol. The van der Waals surface area contributed by atoms with Crippen molar-refractivity contribution in [2.75, 3.05) is 5.43 Å². The van der Waals surface area contributed by atoms with Crippen LogP contribution in [0, 0.1) is 6.92 Å². The van der Waals surface area contributed by atoms with E-state index in [1.165, 1.54) is 5.56 Å². The molecule has 1 heterocycles. The van der Waals surface area contributed by atoms with E-state index in [1.54, 1.807) is 6.21 Å². The van der Waals surface area contributed by atoms with Gasteiger partial charge in [0.2, 0.25) is 0 Å². The maximum atomic E-state index is 5.80. The van der Waals surface area contributed by atoms with E-state index in [2.05, 4.69) is 40.6 Å². The van der Waals surface area contributed by atoms with Gasteiger partial charge in [-0.25, -0.2) is 4.98 Å². The maximum Gasteiger partial charge on any atom is 0.147 e. The van der Waals surface area contributed by atoms with Crippen molar-refractivity contribution in [3.63, 3.8) is 0 Å². The Morgan fingerprint density at radius 3 is 2.50 bits per heavy atom. The zero-order valence-corrected chi connectivity index (χ0v) is 15.7. The summed E-state index contributed by atoms with van der Waals surface area (Å²) in [6, 6.07) is 28.1. The lowest BCUT2D eigenvalue weighted by Crippen LogP contribution is -1.96. The van der Waals surface area contributed by atoms with Gasteiger partial charge in [-0.1, -0.05) is 48.5 Å². The predicted octanol–water partition coefficient (Wildman–Crippen LogP) is 5.57. The smallest absolute Gasteiger partial charge is 0.147 e. The van der Waals surface area contributed by atoms with Gasteiger partial charge in [0.15, 0.2) is 0 Å². The molecule has 0 aliphatic carbocycles. The first-order valence-electron chi connectivity index (χ1n) is 9.20. The highest BCUT2D eigenvalue weighted by Crippen LogP contribution is 2.19. The highest BCUT2D eigenvalue weighted by molar-refractivity contribution is 5.84. The van der Waals surface area contributed by atoms with E-state index in [0.29, 0.717) is 6.61 Å². The largest absolute Gasteiger partial charge is 0.489 e. The molecule has 1 N–H and O–H groups in total. The van der Waals surface area contributed by atoms with E-state index in [1.807, 2.05) is 66.7 Å². The van der Waals surface area contributed by atoms with Crippen LogP contribution in [0.15, 0.2) is 90.0 Å². The molecule has 4 heteroatoms. The SMILES string of the molecule is Cc1cc(NN=Cc2ccc(OCc3ccccc3)cc2)nc2ccccc12. The first-order chi connectivity index (χ1) is 13.8. The standard InChI is InChI=1S/C24H21N3O/c1-18-15-24(26-23-10-6-5-9-22(18)23)27-25-16-19-11-13-21(14-12-19)28-17-20-7-3-2-4-8-20/h2-16H,17H2,1H3,(H,26,27). The lowest BCUT2D eigenvalue weighted by atomic mass is 10.1. The molecule has 3 aromatic carbocycles. The van der Waals surface area contributed by atoms with Gasteiger partial charge in [-0.05, 0) is 60.0 Å². The highest BCUT2D eigenvalue weighted by Gasteiger charge is 2.01. The third kappa shape index (κ3) is 4.35. The lowest BCUT2D eigenvalue weighted by Gasteiger charge is -2.06. The molecule has 0 atom stereocenters. The molecule has 4 nitrogen and oxygen atoms in total. The molecule has 0 spiro atoms. The third-order valence-electron chi connectivity index (χ3n) is 4.44. The first kappa shape index (κ1) is 17.7. The number of fused-ring (bicyclic) bond motifs is 1. The number of hydrazone groups is 1. The van der Waals surface area contributed by atoms with E-state index >= 15 is 0 Å². The molecular formula is C24H21N3O.